The maximum Gasteiger partial charge on any atom is 0.314 e. The first-order valence-electron chi connectivity index (χ1n) is 5.89. The molecule has 0 unspecified atom stereocenters. The van der Waals surface area contributed by atoms with Gasteiger partial charge in [-0.25, -0.2) is 0 Å². The van der Waals surface area contributed by atoms with E-state index >= 15 is 0 Å². The molecule has 1 fully saturated rings. The van der Waals surface area contributed by atoms with Crippen LogP contribution in [0.1, 0.15) is 24.0 Å². The fraction of sp³-hybridized carbons (Fsp3) is 0.500. The van der Waals surface area contributed by atoms with E-state index in [-0.39, 0.29) is 0 Å². The van der Waals surface area contributed by atoms with Crippen LogP contribution in [0.3, 0.4) is 0 Å². The predicted molar refractivity (Wildman–Crippen MR) is 66.5 cm³/mol. The molecule has 1 aliphatic rings. The number of methoxy groups -OCH3 is 2. The summed E-state index contributed by atoms with van der Waals surface area (Å²) in [5, 5.41) is 9.54. The highest BCUT2D eigenvalue weighted by molar-refractivity contribution is 5.83. The molecule has 98 valence electrons. The average molecular weight is 250 g/mol. The van der Waals surface area contributed by atoms with Gasteiger partial charge in [0.25, 0.3) is 0 Å². The van der Waals surface area contributed by atoms with Crippen LogP contribution in [-0.2, 0) is 19.7 Å². The zero-order valence-electron chi connectivity index (χ0n) is 10.9. The monoisotopic (exact) mass is 250 g/mol. The molecule has 1 N–H and O–H groups in total. The standard InChI is InChI=1S/C14H18O4/c1-10-5-4-6-11(7-10)13(12(15)16)8-14(9-13,17-2)18-3/h4-7H,8-9H2,1-3H3,(H,15,16). The van der Waals surface area contributed by atoms with Crippen molar-refractivity contribution < 1.29 is 19.4 Å². The van der Waals surface area contributed by atoms with Crippen LogP contribution in [0.25, 0.3) is 0 Å². The van der Waals surface area contributed by atoms with Crippen molar-refractivity contribution in [3.63, 3.8) is 0 Å². The molecule has 0 radical (unpaired) electrons. The van der Waals surface area contributed by atoms with Crippen molar-refractivity contribution >= 4 is 5.97 Å². The number of hydrogen-bond donors (Lipinski definition) is 1. The van der Waals surface area contributed by atoms with Crippen LogP contribution in [0, 0.1) is 6.92 Å². The molecule has 18 heavy (non-hydrogen) atoms. The van der Waals surface area contributed by atoms with Gasteiger partial charge in [-0.15, -0.1) is 0 Å². The van der Waals surface area contributed by atoms with Crippen LogP contribution in [0.15, 0.2) is 24.3 Å². The van der Waals surface area contributed by atoms with Gasteiger partial charge in [-0.1, -0.05) is 29.8 Å². The first-order chi connectivity index (χ1) is 8.48. The third kappa shape index (κ3) is 1.82. The van der Waals surface area contributed by atoms with E-state index < -0.39 is 17.2 Å². The minimum absolute atomic E-state index is 0.339. The van der Waals surface area contributed by atoms with Crippen molar-refractivity contribution in [2.24, 2.45) is 0 Å². The Morgan fingerprint density at radius 1 is 1.28 bits per heavy atom. The highest BCUT2D eigenvalue weighted by Crippen LogP contribution is 2.52. The second-order valence-corrected chi connectivity index (χ2v) is 4.93. The van der Waals surface area contributed by atoms with Gasteiger partial charge >= 0.3 is 5.97 Å². The fourth-order valence-electron chi connectivity index (χ4n) is 2.66. The molecule has 0 aromatic heterocycles. The normalized spacial score (nSPS) is 20.2. The van der Waals surface area contributed by atoms with E-state index in [1.54, 1.807) is 14.2 Å². The zero-order chi connectivity index (χ0) is 13.4. The van der Waals surface area contributed by atoms with E-state index in [0.29, 0.717) is 12.8 Å². The van der Waals surface area contributed by atoms with Crippen molar-refractivity contribution in [2.75, 3.05) is 14.2 Å². The number of benzene rings is 1. The molecule has 4 heteroatoms. The summed E-state index contributed by atoms with van der Waals surface area (Å²) in [7, 11) is 3.09. The average Bonchev–Trinajstić information content (AvgIpc) is 2.29. The number of aliphatic carboxylic acids is 1. The Morgan fingerprint density at radius 2 is 1.89 bits per heavy atom. The van der Waals surface area contributed by atoms with Gasteiger partial charge in [-0.2, -0.15) is 0 Å². The molecule has 1 aliphatic carbocycles. The lowest BCUT2D eigenvalue weighted by Crippen LogP contribution is -2.60. The lowest BCUT2D eigenvalue weighted by atomic mass is 9.60. The van der Waals surface area contributed by atoms with Crippen molar-refractivity contribution in [2.45, 2.75) is 31.0 Å². The summed E-state index contributed by atoms with van der Waals surface area (Å²) in [6, 6.07) is 7.62. The van der Waals surface area contributed by atoms with Crippen molar-refractivity contribution in [1.29, 1.82) is 0 Å². The minimum Gasteiger partial charge on any atom is -0.481 e. The van der Waals surface area contributed by atoms with Gasteiger partial charge in [-0.05, 0) is 12.5 Å². The first kappa shape index (κ1) is 13.1. The van der Waals surface area contributed by atoms with E-state index in [1.165, 1.54) is 0 Å². The Kier molecular flexibility index (Phi) is 3.17. The van der Waals surface area contributed by atoms with Crippen LogP contribution in [0.2, 0.25) is 0 Å². The van der Waals surface area contributed by atoms with Crippen LogP contribution in [0.4, 0.5) is 0 Å². The number of ether oxygens (including phenoxy) is 2. The number of hydrogen-bond acceptors (Lipinski definition) is 3. The maximum atomic E-state index is 11.6. The van der Waals surface area contributed by atoms with Gasteiger partial charge in [0.05, 0.1) is 0 Å². The molecule has 0 atom stereocenters. The molecule has 1 aromatic rings. The molecule has 1 aromatic carbocycles. The van der Waals surface area contributed by atoms with Crippen molar-refractivity contribution in [3.05, 3.63) is 35.4 Å². The molecule has 0 saturated heterocycles. The second kappa shape index (κ2) is 4.37. The van der Waals surface area contributed by atoms with Gasteiger partial charge in [0.1, 0.15) is 5.41 Å². The van der Waals surface area contributed by atoms with Crippen molar-refractivity contribution in [1.82, 2.24) is 0 Å². The summed E-state index contributed by atoms with van der Waals surface area (Å²) in [4.78, 5) is 11.6. The van der Waals surface area contributed by atoms with Crippen LogP contribution in [0.5, 0.6) is 0 Å². The molecule has 1 saturated carbocycles. The summed E-state index contributed by atoms with van der Waals surface area (Å²) in [6.45, 7) is 1.96. The number of carboxylic acids is 1. The van der Waals surface area contributed by atoms with Gasteiger partial charge in [-0.3, -0.25) is 4.79 Å². The van der Waals surface area contributed by atoms with Gasteiger partial charge in [0.15, 0.2) is 5.79 Å². The molecule has 0 spiro atoms. The van der Waals surface area contributed by atoms with E-state index in [0.717, 1.165) is 11.1 Å². The van der Waals surface area contributed by atoms with E-state index in [2.05, 4.69) is 0 Å². The molecule has 0 heterocycles. The zero-order valence-corrected chi connectivity index (χ0v) is 10.9. The fourth-order valence-corrected chi connectivity index (χ4v) is 2.66. The van der Waals surface area contributed by atoms with Crippen LogP contribution >= 0.6 is 0 Å². The molecule has 2 rings (SSSR count). The topological polar surface area (TPSA) is 55.8 Å². The summed E-state index contributed by atoms with van der Waals surface area (Å²) >= 11 is 0. The van der Waals surface area contributed by atoms with E-state index in [9.17, 15) is 9.90 Å². The third-order valence-corrected chi connectivity index (χ3v) is 3.87. The second-order valence-electron chi connectivity index (χ2n) is 4.93. The molecular formula is C14H18O4. The van der Waals surface area contributed by atoms with Crippen molar-refractivity contribution in [3.8, 4) is 0 Å². The highest BCUT2D eigenvalue weighted by Gasteiger charge is 2.61. The minimum atomic E-state index is -0.891. The molecule has 0 bridgehead atoms. The summed E-state index contributed by atoms with van der Waals surface area (Å²) in [6.07, 6.45) is 0.678. The van der Waals surface area contributed by atoms with Crippen LogP contribution in [-0.4, -0.2) is 31.1 Å². The van der Waals surface area contributed by atoms with E-state index in [1.807, 2.05) is 31.2 Å². The van der Waals surface area contributed by atoms with Gasteiger partial charge in [0, 0.05) is 27.1 Å². The molecular weight excluding hydrogens is 232 g/mol. The predicted octanol–water partition coefficient (Wildman–Crippen LogP) is 2.10. The van der Waals surface area contributed by atoms with E-state index in [4.69, 9.17) is 9.47 Å². The number of rotatable bonds is 4. The SMILES string of the molecule is COC1(OC)CC(C(=O)O)(c2cccc(C)c2)C1. The largest absolute Gasteiger partial charge is 0.481 e. The smallest absolute Gasteiger partial charge is 0.314 e. The number of aryl methyl sites for hydroxylation is 1. The van der Waals surface area contributed by atoms with Gasteiger partial charge in [0.2, 0.25) is 0 Å². The summed E-state index contributed by atoms with van der Waals surface area (Å²) in [5.41, 5.74) is 0.984. The molecule has 0 amide bonds. The molecule has 4 nitrogen and oxygen atoms in total. The Labute approximate surface area is 107 Å². The lowest BCUT2D eigenvalue weighted by Gasteiger charge is -2.51. The number of carbonyl (C=O) groups is 1. The Balaban J connectivity index is 2.35. The first-order valence-corrected chi connectivity index (χ1v) is 5.89. The number of carboxylic acid groups (broad SMARTS) is 1. The van der Waals surface area contributed by atoms with Gasteiger partial charge < -0.3 is 14.6 Å². The highest BCUT2D eigenvalue weighted by atomic mass is 16.7. The summed E-state index contributed by atoms with van der Waals surface area (Å²) in [5.74, 6) is -1.58. The van der Waals surface area contributed by atoms with Crippen LogP contribution < -0.4 is 0 Å². The maximum absolute atomic E-state index is 11.6. The summed E-state index contributed by atoms with van der Waals surface area (Å²) < 4.78 is 10.6. The molecule has 0 aliphatic heterocycles. The lowest BCUT2D eigenvalue weighted by molar-refractivity contribution is -0.277. The Morgan fingerprint density at radius 3 is 2.33 bits per heavy atom. The third-order valence-electron chi connectivity index (χ3n) is 3.87. The Bertz CT molecular complexity index is 455. The quantitative estimate of drug-likeness (QED) is 0.831. The Hall–Kier alpha value is -1.39.